The van der Waals surface area contributed by atoms with Gasteiger partial charge in [-0.3, -0.25) is 5.10 Å². The first-order valence-electron chi connectivity index (χ1n) is 7.08. The molecule has 0 saturated heterocycles. The minimum Gasteiger partial charge on any atom is -0.359 e. The molecule has 0 saturated carbocycles. The first-order chi connectivity index (χ1) is 11.7. The monoisotopic (exact) mass is 338 g/mol. The first kappa shape index (κ1) is 15.8. The van der Waals surface area contributed by atoms with Crippen LogP contribution in [-0.2, 0) is 0 Å². The second-order valence-corrected chi connectivity index (χ2v) is 5.96. The summed E-state index contributed by atoms with van der Waals surface area (Å²) in [6.07, 6.45) is 1.57. The molecule has 0 fully saturated rings. The number of aromatic nitrogens is 6. The van der Waals surface area contributed by atoms with Gasteiger partial charge < -0.3 is 5.32 Å². The van der Waals surface area contributed by atoms with E-state index in [0.29, 0.717) is 5.57 Å². The van der Waals surface area contributed by atoms with E-state index >= 15 is 0 Å². The van der Waals surface area contributed by atoms with Crippen molar-refractivity contribution in [2.45, 2.75) is 23.6 Å². The lowest BCUT2D eigenvalue weighted by molar-refractivity contribution is 0.881. The number of allylic oxidation sites excluding steroid dienone is 1. The fraction of sp³-hybridized carbons (Fsp3) is 0.133. The van der Waals surface area contributed by atoms with Gasteiger partial charge in [0.1, 0.15) is 11.6 Å². The zero-order valence-corrected chi connectivity index (χ0v) is 13.8. The molecule has 2 aromatic heterocycles. The van der Waals surface area contributed by atoms with Crippen LogP contribution in [0.1, 0.15) is 17.2 Å². The van der Waals surface area contributed by atoms with E-state index in [4.69, 9.17) is 0 Å². The van der Waals surface area contributed by atoms with Crippen LogP contribution in [0, 0.1) is 25.2 Å². The Morgan fingerprint density at radius 2 is 2.12 bits per heavy atom. The Morgan fingerprint density at radius 1 is 1.29 bits per heavy atom. The summed E-state index contributed by atoms with van der Waals surface area (Å²) in [6, 6.07) is 9.89. The summed E-state index contributed by atoms with van der Waals surface area (Å²) < 4.78 is 0. The summed E-state index contributed by atoms with van der Waals surface area (Å²) in [5.41, 5.74) is 3.14. The van der Waals surface area contributed by atoms with E-state index in [1.165, 1.54) is 0 Å². The third kappa shape index (κ3) is 3.28. The van der Waals surface area contributed by atoms with Crippen molar-refractivity contribution in [2.75, 3.05) is 5.32 Å². The smallest absolute Gasteiger partial charge is 0.216 e. The number of aryl methyl sites for hydroxylation is 2. The highest BCUT2D eigenvalue weighted by atomic mass is 32.2. The van der Waals surface area contributed by atoms with Crippen molar-refractivity contribution in [3.63, 3.8) is 0 Å². The van der Waals surface area contributed by atoms with E-state index < -0.39 is 0 Å². The summed E-state index contributed by atoms with van der Waals surface area (Å²) in [6.45, 7) is 3.95. The molecule has 0 aliphatic carbocycles. The number of H-pyrrole nitrogens is 2. The topological polar surface area (TPSA) is 119 Å². The number of nitriles is 1. The standard InChI is InChI=1S/C15H14N8S/c1-9-14(10(2)19-18-9)24-13-6-4-3-5-12(13)17-8-11(7-16)15-20-22-23-21-15/h3-6,8,17H,1-2H3,(H,18,19)(H,20,21,22,23). The highest BCUT2D eigenvalue weighted by molar-refractivity contribution is 7.99. The fourth-order valence-electron chi connectivity index (χ4n) is 2.05. The molecule has 120 valence electrons. The lowest BCUT2D eigenvalue weighted by Crippen LogP contribution is -1.94. The van der Waals surface area contributed by atoms with E-state index in [0.717, 1.165) is 26.9 Å². The van der Waals surface area contributed by atoms with Crippen molar-refractivity contribution in [1.82, 2.24) is 30.8 Å². The van der Waals surface area contributed by atoms with Crippen molar-refractivity contribution in [3.8, 4) is 6.07 Å². The molecule has 0 aliphatic heterocycles. The maximum atomic E-state index is 9.23. The molecule has 0 spiro atoms. The fourth-order valence-corrected chi connectivity index (χ4v) is 3.04. The van der Waals surface area contributed by atoms with Gasteiger partial charge in [0.05, 0.1) is 16.3 Å². The van der Waals surface area contributed by atoms with Crippen LogP contribution in [0.2, 0.25) is 0 Å². The largest absolute Gasteiger partial charge is 0.359 e. The van der Waals surface area contributed by atoms with Crippen molar-refractivity contribution < 1.29 is 0 Å². The number of hydrogen-bond acceptors (Lipinski definition) is 7. The molecule has 0 unspecified atom stereocenters. The summed E-state index contributed by atoms with van der Waals surface area (Å²) in [5, 5.41) is 33.0. The van der Waals surface area contributed by atoms with Crippen LogP contribution in [0.15, 0.2) is 40.3 Å². The molecule has 24 heavy (non-hydrogen) atoms. The van der Waals surface area contributed by atoms with Gasteiger partial charge >= 0.3 is 0 Å². The van der Waals surface area contributed by atoms with Crippen molar-refractivity contribution in [1.29, 1.82) is 5.26 Å². The Kier molecular flexibility index (Phi) is 4.58. The zero-order valence-electron chi connectivity index (χ0n) is 13.0. The van der Waals surface area contributed by atoms with Crippen molar-refractivity contribution >= 4 is 23.0 Å². The van der Waals surface area contributed by atoms with Gasteiger partial charge in [-0.15, -0.1) is 10.2 Å². The molecule has 3 aromatic rings. The molecular weight excluding hydrogens is 324 g/mol. The van der Waals surface area contributed by atoms with Gasteiger partial charge in [-0.05, 0) is 31.2 Å². The lowest BCUT2D eigenvalue weighted by atomic mass is 10.3. The number of benzene rings is 1. The third-order valence-electron chi connectivity index (χ3n) is 3.24. The Balaban J connectivity index is 1.86. The molecule has 3 rings (SSSR count). The van der Waals surface area contributed by atoms with Gasteiger partial charge in [-0.2, -0.15) is 15.6 Å². The molecular formula is C15H14N8S. The number of para-hydroxylation sites is 1. The Morgan fingerprint density at radius 3 is 2.79 bits per heavy atom. The first-order valence-corrected chi connectivity index (χ1v) is 7.89. The average Bonchev–Trinajstić information content (AvgIpc) is 3.23. The number of nitrogens with one attached hydrogen (secondary N) is 3. The van der Waals surface area contributed by atoms with E-state index in [1.54, 1.807) is 18.0 Å². The molecule has 0 atom stereocenters. The highest BCUT2D eigenvalue weighted by Crippen LogP contribution is 2.36. The van der Waals surface area contributed by atoms with E-state index in [-0.39, 0.29) is 5.82 Å². The predicted molar refractivity (Wildman–Crippen MR) is 90.0 cm³/mol. The number of tetrazole rings is 1. The molecule has 9 heteroatoms. The van der Waals surface area contributed by atoms with Gasteiger partial charge in [0.2, 0.25) is 5.82 Å². The van der Waals surface area contributed by atoms with Gasteiger partial charge in [-0.1, -0.05) is 23.9 Å². The zero-order chi connectivity index (χ0) is 16.9. The van der Waals surface area contributed by atoms with Crippen LogP contribution in [-0.4, -0.2) is 30.8 Å². The third-order valence-corrected chi connectivity index (χ3v) is 4.62. The van der Waals surface area contributed by atoms with E-state index in [9.17, 15) is 5.26 Å². The number of hydrogen-bond donors (Lipinski definition) is 3. The maximum Gasteiger partial charge on any atom is 0.216 e. The average molecular weight is 338 g/mol. The SMILES string of the molecule is Cc1n[nH]c(C)c1Sc1ccccc1NC=C(C#N)c1nn[nH]n1. The Bertz CT molecular complexity index is 884. The van der Waals surface area contributed by atoms with Crippen LogP contribution >= 0.6 is 11.8 Å². The number of nitrogens with zero attached hydrogens (tertiary/aromatic N) is 5. The summed E-state index contributed by atoms with van der Waals surface area (Å²) in [4.78, 5) is 2.11. The van der Waals surface area contributed by atoms with Crippen molar-refractivity contribution in [3.05, 3.63) is 47.7 Å². The number of aromatic amines is 2. The maximum absolute atomic E-state index is 9.23. The molecule has 3 N–H and O–H groups in total. The summed E-state index contributed by atoms with van der Waals surface area (Å²) in [7, 11) is 0. The second kappa shape index (κ2) is 6.97. The van der Waals surface area contributed by atoms with E-state index in [2.05, 4.69) is 36.1 Å². The summed E-state index contributed by atoms with van der Waals surface area (Å²) in [5.74, 6) is 0.247. The molecule has 0 aliphatic rings. The number of rotatable bonds is 5. The van der Waals surface area contributed by atoms with Crippen LogP contribution in [0.4, 0.5) is 5.69 Å². The molecule has 2 heterocycles. The Hall–Kier alpha value is -3.12. The lowest BCUT2D eigenvalue weighted by Gasteiger charge is -2.09. The molecule has 0 radical (unpaired) electrons. The minimum absolute atomic E-state index is 0.247. The van der Waals surface area contributed by atoms with Gasteiger partial charge in [0.25, 0.3) is 0 Å². The van der Waals surface area contributed by atoms with Gasteiger partial charge in [-0.25, -0.2) is 0 Å². The van der Waals surface area contributed by atoms with Crippen LogP contribution in [0.5, 0.6) is 0 Å². The Labute approximate surface area is 142 Å². The predicted octanol–water partition coefficient (Wildman–Crippen LogP) is 2.67. The summed E-state index contributed by atoms with van der Waals surface area (Å²) >= 11 is 1.61. The number of anilines is 1. The van der Waals surface area contributed by atoms with Crippen molar-refractivity contribution in [2.24, 2.45) is 0 Å². The second-order valence-electron chi connectivity index (χ2n) is 4.91. The van der Waals surface area contributed by atoms with Gasteiger partial charge in [0.15, 0.2) is 0 Å². The van der Waals surface area contributed by atoms with Crippen LogP contribution in [0.3, 0.4) is 0 Å². The molecule has 0 amide bonds. The minimum atomic E-state index is 0.247. The van der Waals surface area contributed by atoms with Crippen LogP contribution < -0.4 is 5.32 Å². The molecule has 1 aromatic carbocycles. The van der Waals surface area contributed by atoms with Gasteiger partial charge in [0, 0.05) is 16.8 Å². The normalized spacial score (nSPS) is 11.3. The quantitative estimate of drug-likeness (QED) is 0.612. The molecule has 0 bridgehead atoms. The van der Waals surface area contributed by atoms with E-state index in [1.807, 2.05) is 44.2 Å². The highest BCUT2D eigenvalue weighted by Gasteiger charge is 2.11. The molecule has 8 nitrogen and oxygen atoms in total. The van der Waals surface area contributed by atoms with Crippen LogP contribution in [0.25, 0.3) is 5.57 Å².